The zero-order valence-corrected chi connectivity index (χ0v) is 17.5. The molecule has 0 radical (unpaired) electrons. The van der Waals surface area contributed by atoms with Gasteiger partial charge in [-0.25, -0.2) is 4.98 Å². The first kappa shape index (κ1) is 20.8. The normalized spacial score (nSPS) is 14.5. The molecule has 1 aliphatic heterocycles. The number of furan rings is 1. The minimum absolute atomic E-state index is 0.0325. The number of carbonyl (C=O) groups excluding carboxylic acids is 1. The van der Waals surface area contributed by atoms with Crippen LogP contribution in [-0.2, 0) is 17.8 Å². The molecule has 0 aromatic carbocycles. The summed E-state index contributed by atoms with van der Waals surface area (Å²) in [6.07, 6.45) is 5.38. The van der Waals surface area contributed by atoms with E-state index < -0.39 is 0 Å². The van der Waals surface area contributed by atoms with E-state index in [0.717, 1.165) is 43.9 Å². The fourth-order valence-electron chi connectivity index (χ4n) is 3.69. The van der Waals surface area contributed by atoms with Gasteiger partial charge in [0.05, 0.1) is 12.6 Å². The van der Waals surface area contributed by atoms with Gasteiger partial charge < -0.3 is 14.6 Å². The zero-order valence-electron chi connectivity index (χ0n) is 17.5. The number of aryl methyl sites for hydroxylation is 1. The number of aromatic nitrogens is 4. The number of hydrogen-bond acceptors (Lipinski definition) is 7. The summed E-state index contributed by atoms with van der Waals surface area (Å²) in [5, 5.41) is 11.5. The van der Waals surface area contributed by atoms with Crippen molar-refractivity contribution in [1.29, 1.82) is 0 Å². The summed E-state index contributed by atoms with van der Waals surface area (Å²) in [6, 6.07) is 9.03. The van der Waals surface area contributed by atoms with Gasteiger partial charge in [-0.15, -0.1) is 10.2 Å². The van der Waals surface area contributed by atoms with Crippen molar-refractivity contribution in [3.8, 4) is 11.5 Å². The molecule has 0 saturated carbocycles. The van der Waals surface area contributed by atoms with E-state index in [1.54, 1.807) is 18.7 Å². The summed E-state index contributed by atoms with van der Waals surface area (Å²) < 4.78 is 6.86. The summed E-state index contributed by atoms with van der Waals surface area (Å²) >= 11 is 0. The van der Waals surface area contributed by atoms with Crippen LogP contribution >= 0.6 is 0 Å². The molecule has 0 atom stereocenters. The van der Waals surface area contributed by atoms with E-state index >= 15 is 0 Å². The Bertz CT molecular complexity index is 1050. The molecule has 3 aromatic rings. The molecule has 162 valence electrons. The molecule has 0 unspecified atom stereocenters. The molecule has 0 bridgehead atoms. The lowest BCUT2D eigenvalue weighted by atomic mass is 9.96. The van der Waals surface area contributed by atoms with Crippen molar-refractivity contribution < 1.29 is 9.21 Å². The Morgan fingerprint density at radius 3 is 2.71 bits per heavy atom. The highest BCUT2D eigenvalue weighted by Crippen LogP contribution is 2.23. The van der Waals surface area contributed by atoms with Gasteiger partial charge in [0.1, 0.15) is 5.69 Å². The van der Waals surface area contributed by atoms with Crippen molar-refractivity contribution in [2.75, 3.05) is 24.5 Å². The molecular formula is C22H26N6O3. The Morgan fingerprint density at radius 1 is 1.23 bits per heavy atom. The second-order valence-corrected chi connectivity index (χ2v) is 7.57. The van der Waals surface area contributed by atoms with Gasteiger partial charge in [-0.1, -0.05) is 6.92 Å². The molecular weight excluding hydrogens is 396 g/mol. The number of amides is 1. The average Bonchev–Trinajstić information content (AvgIpc) is 3.35. The highest BCUT2D eigenvalue weighted by Gasteiger charge is 2.25. The van der Waals surface area contributed by atoms with Crippen molar-refractivity contribution >= 4 is 11.7 Å². The van der Waals surface area contributed by atoms with Gasteiger partial charge in [-0.3, -0.25) is 14.2 Å². The smallest absolute Gasteiger partial charge is 0.253 e. The minimum atomic E-state index is -0.0893. The lowest BCUT2D eigenvalue weighted by molar-refractivity contribution is -0.125. The monoisotopic (exact) mass is 422 g/mol. The first-order valence-electron chi connectivity index (χ1n) is 10.6. The number of nitrogens with zero attached hydrogens (tertiary/aromatic N) is 5. The Labute approximate surface area is 180 Å². The van der Waals surface area contributed by atoms with Gasteiger partial charge >= 0.3 is 0 Å². The van der Waals surface area contributed by atoms with E-state index in [9.17, 15) is 9.59 Å². The molecule has 3 aromatic heterocycles. The molecule has 0 spiro atoms. The van der Waals surface area contributed by atoms with Gasteiger partial charge in [-0.05, 0) is 43.5 Å². The van der Waals surface area contributed by atoms with E-state index in [0.29, 0.717) is 24.5 Å². The van der Waals surface area contributed by atoms with E-state index in [1.165, 1.54) is 4.57 Å². The molecule has 4 rings (SSSR count). The van der Waals surface area contributed by atoms with Gasteiger partial charge in [0, 0.05) is 43.9 Å². The highest BCUT2D eigenvalue weighted by molar-refractivity contribution is 5.78. The Morgan fingerprint density at radius 2 is 2.06 bits per heavy atom. The third-order valence-corrected chi connectivity index (χ3v) is 5.56. The van der Waals surface area contributed by atoms with Crippen molar-refractivity contribution in [2.24, 2.45) is 5.92 Å². The van der Waals surface area contributed by atoms with Crippen LogP contribution in [0.5, 0.6) is 0 Å². The maximum absolute atomic E-state index is 12.5. The third kappa shape index (κ3) is 4.99. The van der Waals surface area contributed by atoms with Gasteiger partial charge in [0.25, 0.3) is 5.56 Å². The summed E-state index contributed by atoms with van der Waals surface area (Å²) in [6.45, 7) is 4.27. The average molecular weight is 422 g/mol. The highest BCUT2D eigenvalue weighted by atomic mass is 16.3. The van der Waals surface area contributed by atoms with Crippen molar-refractivity contribution in [3.05, 3.63) is 59.0 Å². The van der Waals surface area contributed by atoms with E-state index in [4.69, 9.17) is 4.42 Å². The molecule has 1 fully saturated rings. The second-order valence-electron chi connectivity index (χ2n) is 7.57. The van der Waals surface area contributed by atoms with Crippen LogP contribution < -0.4 is 15.8 Å². The SMILES string of the molecule is CCc1cc(=O)n(CCNC(=O)C2CCN(c3ccc(-c4ccco4)nn3)CC2)cn1. The molecule has 1 amide bonds. The fourth-order valence-corrected chi connectivity index (χ4v) is 3.69. The van der Waals surface area contributed by atoms with Crippen LogP contribution in [0, 0.1) is 5.92 Å². The maximum Gasteiger partial charge on any atom is 0.253 e. The Kier molecular flexibility index (Phi) is 6.40. The number of rotatable bonds is 7. The van der Waals surface area contributed by atoms with Crippen LogP contribution in [0.3, 0.4) is 0 Å². The van der Waals surface area contributed by atoms with Crippen molar-refractivity contribution in [1.82, 2.24) is 25.1 Å². The molecule has 4 heterocycles. The van der Waals surface area contributed by atoms with Crippen LogP contribution in [0.15, 0.2) is 52.1 Å². The van der Waals surface area contributed by atoms with Gasteiger partial charge in [0.15, 0.2) is 11.6 Å². The van der Waals surface area contributed by atoms with E-state index in [1.807, 2.05) is 31.2 Å². The van der Waals surface area contributed by atoms with Gasteiger partial charge in [-0.2, -0.15) is 0 Å². The number of piperidine rings is 1. The molecule has 0 aliphatic carbocycles. The lowest BCUT2D eigenvalue weighted by Gasteiger charge is -2.31. The van der Waals surface area contributed by atoms with Gasteiger partial charge in [0.2, 0.25) is 5.91 Å². The largest absolute Gasteiger partial charge is 0.463 e. The topological polar surface area (TPSA) is 106 Å². The number of hydrogen-bond donors (Lipinski definition) is 1. The van der Waals surface area contributed by atoms with Crippen LogP contribution in [0.4, 0.5) is 5.82 Å². The Hall–Kier alpha value is -3.49. The predicted octanol–water partition coefficient (Wildman–Crippen LogP) is 1.89. The van der Waals surface area contributed by atoms with Crippen molar-refractivity contribution in [3.63, 3.8) is 0 Å². The predicted molar refractivity (Wildman–Crippen MR) is 116 cm³/mol. The van der Waals surface area contributed by atoms with Crippen LogP contribution in [0.1, 0.15) is 25.5 Å². The molecule has 1 aliphatic rings. The van der Waals surface area contributed by atoms with Crippen LogP contribution in [0.25, 0.3) is 11.5 Å². The quantitative estimate of drug-likeness (QED) is 0.620. The minimum Gasteiger partial charge on any atom is -0.463 e. The summed E-state index contributed by atoms with van der Waals surface area (Å²) in [5.41, 5.74) is 1.38. The Balaban J connectivity index is 1.24. The fraction of sp³-hybridized carbons (Fsp3) is 0.409. The number of carbonyl (C=O) groups is 1. The zero-order chi connectivity index (χ0) is 21.6. The molecule has 1 saturated heterocycles. The molecule has 9 nitrogen and oxygen atoms in total. The third-order valence-electron chi connectivity index (χ3n) is 5.56. The molecule has 9 heteroatoms. The van der Waals surface area contributed by atoms with E-state index in [2.05, 4.69) is 25.4 Å². The standard InChI is InChI=1S/C22H26N6O3/c1-2-17-14-21(29)28(15-24-17)12-9-23-22(30)16-7-10-27(11-8-16)20-6-5-18(25-26-20)19-4-3-13-31-19/h3-6,13-16H,2,7-12H2,1H3,(H,23,30). The van der Waals surface area contributed by atoms with E-state index in [-0.39, 0.29) is 17.4 Å². The van der Waals surface area contributed by atoms with Crippen LogP contribution in [-0.4, -0.2) is 45.3 Å². The first-order chi connectivity index (χ1) is 15.1. The second kappa shape index (κ2) is 9.55. The molecule has 1 N–H and O–H groups in total. The van der Waals surface area contributed by atoms with Crippen molar-refractivity contribution in [2.45, 2.75) is 32.7 Å². The summed E-state index contributed by atoms with van der Waals surface area (Å²) in [7, 11) is 0. The molecule has 31 heavy (non-hydrogen) atoms. The summed E-state index contributed by atoms with van der Waals surface area (Å²) in [4.78, 5) is 30.9. The number of anilines is 1. The van der Waals surface area contributed by atoms with Crippen LogP contribution in [0.2, 0.25) is 0 Å². The summed E-state index contributed by atoms with van der Waals surface area (Å²) in [5.74, 6) is 1.49. The number of nitrogens with one attached hydrogen (secondary N) is 1. The lowest BCUT2D eigenvalue weighted by Crippen LogP contribution is -2.42. The first-order valence-corrected chi connectivity index (χ1v) is 10.6. The maximum atomic E-state index is 12.5.